The van der Waals surface area contributed by atoms with Gasteiger partial charge >= 0.3 is 0 Å². The van der Waals surface area contributed by atoms with Gasteiger partial charge in [-0.15, -0.1) is 11.3 Å². The zero-order valence-electron chi connectivity index (χ0n) is 17.0. The van der Waals surface area contributed by atoms with Crippen molar-refractivity contribution in [2.75, 3.05) is 51.3 Å². The van der Waals surface area contributed by atoms with Crippen LogP contribution in [-0.2, 0) is 14.6 Å². The molecule has 0 N–H and O–H groups in total. The minimum atomic E-state index is -2.86. The first-order valence-electron chi connectivity index (χ1n) is 10.1. The van der Waals surface area contributed by atoms with Gasteiger partial charge in [0.05, 0.1) is 34.3 Å². The molecular weight excluding hydrogens is 408 g/mol. The molecule has 2 fully saturated rings. The van der Waals surface area contributed by atoms with Crippen LogP contribution in [0.4, 0.5) is 0 Å². The second kappa shape index (κ2) is 8.29. The molecule has 1 aromatic heterocycles. The number of amides is 1. The minimum Gasteiger partial charge on any atom is -0.335 e. The van der Waals surface area contributed by atoms with Crippen LogP contribution in [0.1, 0.15) is 24.4 Å². The summed E-state index contributed by atoms with van der Waals surface area (Å²) in [6, 6.07) is 8.12. The fourth-order valence-corrected chi connectivity index (χ4v) is 6.93. The number of rotatable bonds is 5. The van der Waals surface area contributed by atoms with Gasteiger partial charge in [-0.3, -0.25) is 14.6 Å². The van der Waals surface area contributed by atoms with Crippen LogP contribution in [0.15, 0.2) is 24.3 Å². The number of nitrogens with zero attached hydrogens (tertiary/aromatic N) is 4. The lowest BCUT2D eigenvalue weighted by Crippen LogP contribution is -2.52. The Bertz CT molecular complexity index is 950. The Morgan fingerprint density at radius 2 is 2.00 bits per heavy atom. The van der Waals surface area contributed by atoms with E-state index in [-0.39, 0.29) is 23.7 Å². The molecule has 9 heteroatoms. The number of fused-ring (bicyclic) bond motifs is 1. The summed E-state index contributed by atoms with van der Waals surface area (Å²) >= 11 is 1.64. The topological polar surface area (TPSA) is 73.8 Å². The van der Waals surface area contributed by atoms with Crippen LogP contribution in [0.5, 0.6) is 0 Å². The Morgan fingerprint density at radius 3 is 2.66 bits per heavy atom. The Morgan fingerprint density at radius 1 is 1.28 bits per heavy atom. The monoisotopic (exact) mass is 436 g/mol. The van der Waals surface area contributed by atoms with Crippen LogP contribution >= 0.6 is 11.3 Å². The third kappa shape index (κ3) is 4.63. The van der Waals surface area contributed by atoms with E-state index < -0.39 is 9.84 Å². The summed E-state index contributed by atoms with van der Waals surface area (Å²) in [5.41, 5.74) is 0.977. The molecule has 0 spiro atoms. The lowest BCUT2D eigenvalue weighted by Gasteiger charge is -2.38. The van der Waals surface area contributed by atoms with E-state index in [1.807, 2.05) is 32.2 Å². The van der Waals surface area contributed by atoms with Gasteiger partial charge in [0, 0.05) is 39.3 Å². The molecule has 7 nitrogen and oxygen atoms in total. The average molecular weight is 437 g/mol. The van der Waals surface area contributed by atoms with Gasteiger partial charge in [-0.1, -0.05) is 12.1 Å². The van der Waals surface area contributed by atoms with Crippen LogP contribution < -0.4 is 0 Å². The molecule has 0 saturated carbocycles. The number of para-hydroxylation sites is 1. The SMILES string of the molecule is C[C@@H](c1nc2ccccc2s1)N(C)C(=O)CN1CCN([C@@H]2CCS(=O)(=O)C2)CC1. The first kappa shape index (κ1) is 20.7. The summed E-state index contributed by atoms with van der Waals surface area (Å²) in [5.74, 6) is 0.688. The maximum atomic E-state index is 12.8. The largest absolute Gasteiger partial charge is 0.335 e. The minimum absolute atomic E-state index is 0.0649. The van der Waals surface area contributed by atoms with Crippen molar-refractivity contribution in [1.29, 1.82) is 0 Å². The van der Waals surface area contributed by atoms with Crippen molar-refractivity contribution in [2.45, 2.75) is 25.4 Å². The van der Waals surface area contributed by atoms with E-state index in [2.05, 4.69) is 20.9 Å². The van der Waals surface area contributed by atoms with E-state index in [4.69, 9.17) is 0 Å². The normalized spacial score (nSPS) is 24.0. The van der Waals surface area contributed by atoms with Crippen molar-refractivity contribution in [3.63, 3.8) is 0 Å². The third-order valence-electron chi connectivity index (χ3n) is 6.13. The number of likely N-dealkylation sites (N-methyl/N-ethyl adjacent to an activating group) is 1. The van der Waals surface area contributed by atoms with Crippen molar-refractivity contribution in [2.24, 2.45) is 0 Å². The number of piperazine rings is 1. The third-order valence-corrected chi connectivity index (χ3v) is 9.09. The van der Waals surface area contributed by atoms with Gasteiger partial charge in [0.2, 0.25) is 5.91 Å². The number of carbonyl (C=O) groups excluding carboxylic acids is 1. The first-order chi connectivity index (χ1) is 13.8. The molecule has 0 bridgehead atoms. The molecule has 4 rings (SSSR count). The van der Waals surface area contributed by atoms with E-state index in [0.29, 0.717) is 12.3 Å². The number of sulfone groups is 1. The van der Waals surface area contributed by atoms with Gasteiger partial charge in [-0.05, 0) is 25.5 Å². The second-order valence-corrected chi connectivity index (χ2v) is 11.4. The molecular formula is C20H28N4O3S2. The Labute approximate surface area is 176 Å². The number of hydrogen-bond donors (Lipinski definition) is 0. The molecule has 3 heterocycles. The molecule has 1 amide bonds. The molecule has 0 radical (unpaired) electrons. The van der Waals surface area contributed by atoms with E-state index in [9.17, 15) is 13.2 Å². The van der Waals surface area contributed by atoms with Gasteiger partial charge in [0.1, 0.15) is 5.01 Å². The zero-order valence-corrected chi connectivity index (χ0v) is 18.6. The highest BCUT2D eigenvalue weighted by Crippen LogP contribution is 2.29. The quantitative estimate of drug-likeness (QED) is 0.709. The van der Waals surface area contributed by atoms with Gasteiger partial charge in [-0.2, -0.15) is 0 Å². The summed E-state index contributed by atoms with van der Waals surface area (Å²) in [4.78, 5) is 23.7. The van der Waals surface area contributed by atoms with Crippen molar-refractivity contribution in [1.82, 2.24) is 19.7 Å². The fraction of sp³-hybridized carbons (Fsp3) is 0.600. The Hall–Kier alpha value is -1.55. The molecule has 0 aliphatic carbocycles. The zero-order chi connectivity index (χ0) is 20.6. The number of aromatic nitrogens is 1. The number of benzene rings is 1. The summed E-state index contributed by atoms with van der Waals surface area (Å²) in [6.07, 6.45) is 0.740. The molecule has 0 unspecified atom stereocenters. The molecule has 2 aliphatic heterocycles. The predicted molar refractivity (Wildman–Crippen MR) is 116 cm³/mol. The highest BCUT2D eigenvalue weighted by Gasteiger charge is 2.34. The maximum Gasteiger partial charge on any atom is 0.237 e. The van der Waals surface area contributed by atoms with Crippen LogP contribution in [0.2, 0.25) is 0 Å². The van der Waals surface area contributed by atoms with Crippen LogP contribution in [0.3, 0.4) is 0 Å². The molecule has 2 saturated heterocycles. The maximum absolute atomic E-state index is 12.8. The second-order valence-electron chi connectivity index (χ2n) is 8.07. The van der Waals surface area contributed by atoms with E-state index in [1.165, 1.54) is 0 Å². The van der Waals surface area contributed by atoms with Crippen molar-refractivity contribution >= 4 is 37.3 Å². The summed E-state index contributed by atoms with van der Waals surface area (Å²) in [6.45, 7) is 5.66. The summed E-state index contributed by atoms with van der Waals surface area (Å²) < 4.78 is 24.6. The van der Waals surface area contributed by atoms with Gasteiger partial charge in [-0.25, -0.2) is 13.4 Å². The highest BCUT2D eigenvalue weighted by molar-refractivity contribution is 7.91. The lowest BCUT2D eigenvalue weighted by atomic mass is 10.2. The van der Waals surface area contributed by atoms with Gasteiger partial charge < -0.3 is 4.90 Å². The highest BCUT2D eigenvalue weighted by atomic mass is 32.2. The Kier molecular flexibility index (Phi) is 5.92. The lowest BCUT2D eigenvalue weighted by molar-refractivity contribution is -0.133. The van der Waals surface area contributed by atoms with Crippen LogP contribution in [0.25, 0.3) is 10.2 Å². The van der Waals surface area contributed by atoms with Crippen LogP contribution in [-0.4, -0.2) is 91.3 Å². The Balaban J connectivity index is 1.30. The first-order valence-corrected chi connectivity index (χ1v) is 12.7. The molecule has 2 aromatic rings. The average Bonchev–Trinajstić information content (AvgIpc) is 3.30. The van der Waals surface area contributed by atoms with Gasteiger partial charge in [0.25, 0.3) is 0 Å². The fourth-order valence-electron chi connectivity index (χ4n) is 4.10. The van der Waals surface area contributed by atoms with E-state index in [0.717, 1.165) is 47.8 Å². The molecule has 29 heavy (non-hydrogen) atoms. The standard InChI is InChI=1S/C20H28N4O3S2/c1-15(20-21-17-5-3-4-6-18(17)28-20)22(2)19(25)13-23-8-10-24(11-9-23)16-7-12-29(26,27)14-16/h3-6,15-16H,7-14H2,1-2H3/t15-,16+/m0/s1. The predicted octanol–water partition coefficient (Wildman–Crippen LogP) is 1.62. The number of thiazole rings is 1. The van der Waals surface area contributed by atoms with Crippen molar-refractivity contribution in [3.05, 3.63) is 29.3 Å². The van der Waals surface area contributed by atoms with E-state index in [1.54, 1.807) is 16.2 Å². The summed E-state index contributed by atoms with van der Waals surface area (Å²) in [5, 5.41) is 0.953. The smallest absolute Gasteiger partial charge is 0.237 e. The molecule has 2 aliphatic rings. The van der Waals surface area contributed by atoms with Crippen molar-refractivity contribution < 1.29 is 13.2 Å². The summed E-state index contributed by atoms with van der Waals surface area (Å²) in [7, 11) is -1.01. The molecule has 1 aromatic carbocycles. The number of hydrogen-bond acceptors (Lipinski definition) is 7. The van der Waals surface area contributed by atoms with Crippen molar-refractivity contribution in [3.8, 4) is 0 Å². The van der Waals surface area contributed by atoms with Gasteiger partial charge in [0.15, 0.2) is 9.84 Å². The van der Waals surface area contributed by atoms with Crippen LogP contribution in [0, 0.1) is 0 Å². The molecule has 2 atom stereocenters. The van der Waals surface area contributed by atoms with E-state index >= 15 is 0 Å². The number of carbonyl (C=O) groups is 1. The molecule has 158 valence electrons.